The fraction of sp³-hybridized carbons (Fsp3) is 0.250. The third kappa shape index (κ3) is 4.35. The van der Waals surface area contributed by atoms with E-state index in [1.807, 2.05) is 20.8 Å². The van der Waals surface area contributed by atoms with Crippen molar-refractivity contribution in [1.82, 2.24) is 4.72 Å². The minimum Gasteiger partial charge on any atom is -0.493 e. The molecule has 3 aromatic rings. The smallest absolute Gasteiger partial charge is 0.240 e. The molecule has 0 aliphatic carbocycles. The molecule has 2 aromatic heterocycles. The molecule has 6 nitrogen and oxygen atoms in total. The van der Waals surface area contributed by atoms with Gasteiger partial charge < -0.3 is 9.15 Å². The first-order valence-corrected chi connectivity index (χ1v) is 11.0. The van der Waals surface area contributed by atoms with Gasteiger partial charge in [-0.2, -0.15) is 0 Å². The van der Waals surface area contributed by atoms with Gasteiger partial charge in [-0.15, -0.1) is 11.3 Å². The second-order valence-corrected chi connectivity index (χ2v) is 9.15. The summed E-state index contributed by atoms with van der Waals surface area (Å²) in [5.74, 6) is 0.747. The van der Waals surface area contributed by atoms with E-state index in [-0.39, 0.29) is 23.0 Å². The van der Waals surface area contributed by atoms with Crippen LogP contribution < -0.4 is 9.46 Å². The summed E-state index contributed by atoms with van der Waals surface area (Å²) in [6.07, 6.45) is 1.44. The zero-order valence-corrected chi connectivity index (χ0v) is 17.4. The largest absolute Gasteiger partial charge is 0.493 e. The van der Waals surface area contributed by atoms with Crippen molar-refractivity contribution in [3.05, 3.63) is 69.3 Å². The normalized spacial score (nSPS) is 11.5. The summed E-state index contributed by atoms with van der Waals surface area (Å²) in [4.78, 5) is 13.7. The quantitative estimate of drug-likeness (QED) is 0.557. The van der Waals surface area contributed by atoms with Gasteiger partial charge in [-0.1, -0.05) is 0 Å². The van der Waals surface area contributed by atoms with Gasteiger partial charge in [0.1, 0.15) is 5.75 Å². The third-order valence-electron chi connectivity index (χ3n) is 4.10. The lowest BCUT2D eigenvalue weighted by Gasteiger charge is -2.13. The summed E-state index contributed by atoms with van der Waals surface area (Å²) < 4.78 is 38.6. The number of hydrogen-bond donors (Lipinski definition) is 1. The first kappa shape index (κ1) is 20.3. The highest BCUT2D eigenvalue weighted by Crippen LogP contribution is 2.27. The van der Waals surface area contributed by atoms with E-state index in [4.69, 9.17) is 9.15 Å². The zero-order chi connectivity index (χ0) is 20.3. The molecule has 2 heterocycles. The van der Waals surface area contributed by atoms with Gasteiger partial charge in [-0.05, 0) is 68.3 Å². The molecule has 0 radical (unpaired) electrons. The van der Waals surface area contributed by atoms with Crippen LogP contribution in [0.25, 0.3) is 0 Å². The SMILES string of the molecule is CCOc1c(C)cc(S(=O)(=O)NCc2ccc(C(=O)c3ccco3)s2)cc1C. The number of carbonyl (C=O) groups is 1. The summed E-state index contributed by atoms with van der Waals surface area (Å²) in [5, 5.41) is 0. The number of carbonyl (C=O) groups excluding carboxylic acids is 1. The summed E-state index contributed by atoms with van der Waals surface area (Å²) in [6, 6.07) is 9.85. The number of ketones is 1. The monoisotopic (exact) mass is 419 g/mol. The average molecular weight is 420 g/mol. The van der Waals surface area contributed by atoms with Crippen LogP contribution in [0.2, 0.25) is 0 Å². The van der Waals surface area contributed by atoms with Crippen LogP contribution in [-0.2, 0) is 16.6 Å². The van der Waals surface area contributed by atoms with Crippen LogP contribution in [0, 0.1) is 13.8 Å². The number of aryl methyl sites for hydroxylation is 2. The average Bonchev–Trinajstić information content (AvgIpc) is 3.34. The fourth-order valence-electron chi connectivity index (χ4n) is 2.81. The maximum absolute atomic E-state index is 12.7. The Labute approximate surface area is 168 Å². The van der Waals surface area contributed by atoms with Crippen molar-refractivity contribution in [3.63, 3.8) is 0 Å². The Morgan fingerprint density at radius 3 is 2.50 bits per heavy atom. The Hall–Kier alpha value is -2.42. The predicted molar refractivity (Wildman–Crippen MR) is 108 cm³/mol. The van der Waals surface area contributed by atoms with E-state index in [1.54, 1.807) is 36.4 Å². The van der Waals surface area contributed by atoms with Crippen LogP contribution in [0.15, 0.2) is 52.0 Å². The lowest BCUT2D eigenvalue weighted by atomic mass is 10.1. The van der Waals surface area contributed by atoms with Gasteiger partial charge in [0.15, 0.2) is 5.76 Å². The molecule has 0 saturated heterocycles. The molecule has 0 aliphatic heterocycles. The number of furan rings is 1. The second-order valence-electron chi connectivity index (χ2n) is 6.22. The summed E-state index contributed by atoms with van der Waals surface area (Å²) in [7, 11) is -3.69. The van der Waals surface area contributed by atoms with E-state index in [2.05, 4.69) is 4.72 Å². The fourth-order valence-corrected chi connectivity index (χ4v) is 4.97. The van der Waals surface area contributed by atoms with E-state index in [0.29, 0.717) is 17.2 Å². The van der Waals surface area contributed by atoms with Crippen LogP contribution >= 0.6 is 11.3 Å². The molecule has 0 atom stereocenters. The van der Waals surface area contributed by atoms with Gasteiger partial charge in [0, 0.05) is 11.4 Å². The highest BCUT2D eigenvalue weighted by molar-refractivity contribution is 7.89. The van der Waals surface area contributed by atoms with E-state index >= 15 is 0 Å². The molecule has 148 valence electrons. The van der Waals surface area contributed by atoms with Crippen molar-refractivity contribution in [2.45, 2.75) is 32.2 Å². The molecule has 1 aromatic carbocycles. The standard InChI is InChI=1S/C20H21NO5S2/c1-4-25-20-13(2)10-16(11-14(20)3)28(23,24)21-12-15-7-8-18(27-15)19(22)17-6-5-9-26-17/h5-11,21H,4,12H2,1-3H3. The number of sulfonamides is 1. The van der Waals surface area contributed by atoms with Crippen LogP contribution in [0.3, 0.4) is 0 Å². The van der Waals surface area contributed by atoms with Gasteiger partial charge >= 0.3 is 0 Å². The Kier molecular flexibility index (Phi) is 6.02. The van der Waals surface area contributed by atoms with Crippen molar-refractivity contribution in [1.29, 1.82) is 0 Å². The molecule has 0 aliphatic rings. The van der Waals surface area contributed by atoms with Gasteiger partial charge in [-0.25, -0.2) is 13.1 Å². The van der Waals surface area contributed by atoms with Crippen molar-refractivity contribution in [2.24, 2.45) is 0 Å². The lowest BCUT2D eigenvalue weighted by molar-refractivity contribution is 0.101. The molecular formula is C20H21NO5S2. The third-order valence-corrected chi connectivity index (χ3v) is 6.56. The van der Waals surface area contributed by atoms with Crippen molar-refractivity contribution in [2.75, 3.05) is 6.61 Å². The maximum atomic E-state index is 12.7. The molecule has 3 rings (SSSR count). The molecular weight excluding hydrogens is 398 g/mol. The van der Waals surface area contributed by atoms with E-state index in [9.17, 15) is 13.2 Å². The molecule has 0 amide bonds. The summed E-state index contributed by atoms with van der Waals surface area (Å²) in [6.45, 7) is 6.15. The Bertz CT molecular complexity index is 1060. The number of benzene rings is 1. The van der Waals surface area contributed by atoms with Gasteiger partial charge in [0.2, 0.25) is 15.8 Å². The molecule has 0 saturated carbocycles. The summed E-state index contributed by atoms with van der Waals surface area (Å²) in [5.41, 5.74) is 1.54. The molecule has 8 heteroatoms. The molecule has 0 bridgehead atoms. The van der Waals surface area contributed by atoms with Gasteiger partial charge in [0.05, 0.1) is 22.6 Å². The number of ether oxygens (including phenoxy) is 1. The van der Waals surface area contributed by atoms with Crippen molar-refractivity contribution < 1.29 is 22.4 Å². The summed E-state index contributed by atoms with van der Waals surface area (Å²) >= 11 is 1.23. The van der Waals surface area contributed by atoms with Crippen LogP contribution in [-0.4, -0.2) is 20.8 Å². The van der Waals surface area contributed by atoms with Gasteiger partial charge in [0.25, 0.3) is 0 Å². The van der Waals surface area contributed by atoms with Crippen LogP contribution in [0.5, 0.6) is 5.75 Å². The Morgan fingerprint density at radius 1 is 1.18 bits per heavy atom. The Balaban J connectivity index is 1.73. The minimum absolute atomic E-state index is 0.101. The molecule has 1 N–H and O–H groups in total. The predicted octanol–water partition coefficient (Wildman–Crippen LogP) is 4.07. The van der Waals surface area contributed by atoms with E-state index < -0.39 is 10.0 Å². The molecule has 0 fully saturated rings. The molecule has 28 heavy (non-hydrogen) atoms. The second kappa shape index (κ2) is 8.30. The highest BCUT2D eigenvalue weighted by atomic mass is 32.2. The topological polar surface area (TPSA) is 85.6 Å². The number of rotatable bonds is 8. The number of nitrogens with one attached hydrogen (secondary N) is 1. The van der Waals surface area contributed by atoms with E-state index in [0.717, 1.165) is 16.0 Å². The van der Waals surface area contributed by atoms with Gasteiger partial charge in [-0.3, -0.25) is 4.79 Å². The van der Waals surface area contributed by atoms with Crippen molar-refractivity contribution >= 4 is 27.1 Å². The highest BCUT2D eigenvalue weighted by Gasteiger charge is 2.19. The van der Waals surface area contributed by atoms with Crippen LogP contribution in [0.4, 0.5) is 0 Å². The molecule has 0 unspecified atom stereocenters. The molecule has 0 spiro atoms. The first-order chi connectivity index (χ1) is 13.3. The number of thiophene rings is 1. The maximum Gasteiger partial charge on any atom is 0.240 e. The minimum atomic E-state index is -3.69. The number of hydrogen-bond acceptors (Lipinski definition) is 6. The van der Waals surface area contributed by atoms with Crippen molar-refractivity contribution in [3.8, 4) is 5.75 Å². The zero-order valence-electron chi connectivity index (χ0n) is 15.8. The van der Waals surface area contributed by atoms with Crippen LogP contribution in [0.1, 0.15) is 38.4 Å². The Morgan fingerprint density at radius 2 is 1.89 bits per heavy atom. The lowest BCUT2D eigenvalue weighted by Crippen LogP contribution is -2.23. The van der Waals surface area contributed by atoms with E-state index in [1.165, 1.54) is 17.6 Å². The first-order valence-electron chi connectivity index (χ1n) is 8.72.